The van der Waals surface area contributed by atoms with Gasteiger partial charge in [0.1, 0.15) is 0 Å². The quantitative estimate of drug-likeness (QED) is 0.464. The average Bonchev–Trinajstić information content (AvgIpc) is 3.25. The number of aliphatic hydroxyl groups is 1. The first kappa shape index (κ1) is 22.5. The number of rotatable bonds is 8. The number of hydrogen-bond acceptors (Lipinski definition) is 7. The summed E-state index contributed by atoms with van der Waals surface area (Å²) < 4.78 is 10.9. The number of ether oxygens (including phenoxy) is 2. The summed E-state index contributed by atoms with van der Waals surface area (Å²) in [6.45, 7) is 1.46. The smallest absolute Gasteiger partial charge is 0.183 e. The van der Waals surface area contributed by atoms with Gasteiger partial charge < -0.3 is 19.9 Å². The van der Waals surface area contributed by atoms with E-state index in [1.807, 2.05) is 36.5 Å². The second-order valence-corrected chi connectivity index (χ2v) is 10.2. The summed E-state index contributed by atoms with van der Waals surface area (Å²) in [7, 11) is 3.31. The van der Waals surface area contributed by atoms with Crippen LogP contribution in [0.1, 0.15) is 41.3 Å². The van der Waals surface area contributed by atoms with Crippen molar-refractivity contribution >= 4 is 28.1 Å². The van der Waals surface area contributed by atoms with E-state index in [0.29, 0.717) is 6.54 Å². The number of aliphatic hydroxyl groups excluding tert-OH is 1. The molecule has 1 unspecified atom stereocenters. The molecule has 3 aromatic rings. The molecule has 6 nitrogen and oxygen atoms in total. The van der Waals surface area contributed by atoms with Gasteiger partial charge in [0, 0.05) is 29.2 Å². The summed E-state index contributed by atoms with van der Waals surface area (Å²) in [4.78, 5) is 8.14. The number of aromatic nitrogens is 1. The van der Waals surface area contributed by atoms with Crippen molar-refractivity contribution in [3.05, 3.63) is 69.7 Å². The van der Waals surface area contributed by atoms with Crippen molar-refractivity contribution in [3.8, 4) is 11.5 Å². The Morgan fingerprint density at radius 2 is 1.97 bits per heavy atom. The lowest BCUT2D eigenvalue weighted by atomic mass is 10.0. The number of anilines is 1. The van der Waals surface area contributed by atoms with E-state index >= 15 is 0 Å². The van der Waals surface area contributed by atoms with Crippen molar-refractivity contribution in [2.45, 2.75) is 36.9 Å². The van der Waals surface area contributed by atoms with Gasteiger partial charge in [-0.3, -0.25) is 4.90 Å². The number of β-amino-alcohol motifs (C(OH)–C–C–N with tert-alkyl or cyclic N) is 1. The predicted molar refractivity (Wildman–Crippen MR) is 132 cm³/mol. The van der Waals surface area contributed by atoms with Crippen LogP contribution in [0.25, 0.3) is 0 Å². The van der Waals surface area contributed by atoms with E-state index in [9.17, 15) is 5.11 Å². The molecule has 33 heavy (non-hydrogen) atoms. The van der Waals surface area contributed by atoms with Crippen LogP contribution in [0.5, 0.6) is 11.5 Å². The highest BCUT2D eigenvalue weighted by Gasteiger charge is 2.45. The Hall–Kier alpha value is -2.32. The summed E-state index contributed by atoms with van der Waals surface area (Å²) in [5, 5.41) is 15.5. The fourth-order valence-corrected chi connectivity index (χ4v) is 5.96. The maximum absolute atomic E-state index is 10.2. The molecule has 0 spiro atoms. The highest BCUT2D eigenvalue weighted by Crippen LogP contribution is 2.51. The van der Waals surface area contributed by atoms with E-state index in [1.54, 1.807) is 25.6 Å². The van der Waals surface area contributed by atoms with Crippen molar-refractivity contribution in [1.29, 1.82) is 0 Å². The molecule has 2 N–H and O–H groups in total. The molecule has 2 aliphatic rings. The standard InChI is InChI=1S/C25H28ClN3O3S/c1-31-20-8-7-16(13-21(20)32-2)25(10-11-25)28-24-27-14-22(33-24)23(29-12-9-17(30)15-29)18-5-3-4-6-19(18)26/h3-8,13-14,17,23,30H,9-12,15H2,1-2H3,(H,27,28)/t17-,23?/m1/s1. The maximum Gasteiger partial charge on any atom is 0.183 e. The van der Waals surface area contributed by atoms with E-state index in [1.165, 1.54) is 5.56 Å². The Bertz CT molecular complexity index is 1130. The normalized spacial score (nSPS) is 20.4. The van der Waals surface area contributed by atoms with E-state index in [2.05, 4.69) is 22.3 Å². The molecule has 5 rings (SSSR count). The zero-order chi connectivity index (χ0) is 23.0. The van der Waals surface area contributed by atoms with Crippen LogP contribution < -0.4 is 14.8 Å². The van der Waals surface area contributed by atoms with Gasteiger partial charge in [0.15, 0.2) is 16.6 Å². The second kappa shape index (κ2) is 9.14. The maximum atomic E-state index is 10.2. The van der Waals surface area contributed by atoms with Gasteiger partial charge in [-0.1, -0.05) is 35.9 Å². The number of hydrogen-bond donors (Lipinski definition) is 2. The summed E-state index contributed by atoms with van der Waals surface area (Å²) >= 11 is 8.25. The fourth-order valence-electron chi connectivity index (χ4n) is 4.65. The molecule has 2 fully saturated rings. The molecule has 0 bridgehead atoms. The largest absolute Gasteiger partial charge is 0.493 e. The molecule has 2 aromatic carbocycles. The third-order valence-corrected chi connectivity index (χ3v) is 7.89. The summed E-state index contributed by atoms with van der Waals surface area (Å²) in [5.41, 5.74) is 2.07. The van der Waals surface area contributed by atoms with Crippen LogP contribution >= 0.6 is 22.9 Å². The van der Waals surface area contributed by atoms with Crippen molar-refractivity contribution in [2.24, 2.45) is 0 Å². The van der Waals surface area contributed by atoms with E-state index in [4.69, 9.17) is 26.1 Å². The molecule has 0 amide bonds. The van der Waals surface area contributed by atoms with Gasteiger partial charge >= 0.3 is 0 Å². The van der Waals surface area contributed by atoms with Crippen LogP contribution in [0, 0.1) is 0 Å². The van der Waals surface area contributed by atoms with Gasteiger partial charge in [0.05, 0.1) is 31.9 Å². The summed E-state index contributed by atoms with van der Waals surface area (Å²) in [6, 6.07) is 14.0. The number of thiazole rings is 1. The molecular weight excluding hydrogens is 458 g/mol. The van der Waals surface area contributed by atoms with Crippen molar-refractivity contribution in [3.63, 3.8) is 0 Å². The minimum atomic E-state index is -0.305. The fraction of sp³-hybridized carbons (Fsp3) is 0.400. The van der Waals surface area contributed by atoms with Crippen LogP contribution in [-0.2, 0) is 5.54 Å². The van der Waals surface area contributed by atoms with Crippen LogP contribution in [0.2, 0.25) is 5.02 Å². The number of benzene rings is 2. The highest BCUT2D eigenvalue weighted by molar-refractivity contribution is 7.15. The number of nitrogens with one attached hydrogen (secondary N) is 1. The van der Waals surface area contributed by atoms with Gasteiger partial charge in [-0.25, -0.2) is 4.98 Å². The lowest BCUT2D eigenvalue weighted by molar-refractivity contribution is 0.167. The zero-order valence-corrected chi connectivity index (χ0v) is 20.3. The van der Waals surface area contributed by atoms with Crippen LogP contribution in [0.4, 0.5) is 5.13 Å². The summed E-state index contributed by atoms with van der Waals surface area (Å²) in [5.74, 6) is 1.46. The molecule has 1 aliphatic heterocycles. The van der Waals surface area contributed by atoms with Crippen LogP contribution in [-0.4, -0.2) is 48.4 Å². The highest BCUT2D eigenvalue weighted by atomic mass is 35.5. The third-order valence-electron chi connectivity index (χ3n) is 6.59. The molecule has 0 radical (unpaired) electrons. The Labute approximate surface area is 203 Å². The molecule has 8 heteroatoms. The van der Waals surface area contributed by atoms with Gasteiger partial charge in [-0.05, 0) is 48.6 Å². The number of halogens is 1. The Morgan fingerprint density at radius 3 is 2.64 bits per heavy atom. The van der Waals surface area contributed by atoms with Gasteiger partial charge in [-0.15, -0.1) is 11.3 Å². The number of methoxy groups -OCH3 is 2. The Morgan fingerprint density at radius 1 is 1.18 bits per heavy atom. The molecule has 2 heterocycles. The second-order valence-electron chi connectivity index (χ2n) is 8.71. The van der Waals surface area contributed by atoms with Crippen molar-refractivity contribution in [1.82, 2.24) is 9.88 Å². The topological polar surface area (TPSA) is 66.9 Å². The van der Waals surface area contributed by atoms with E-state index in [-0.39, 0.29) is 17.7 Å². The number of nitrogens with zero attached hydrogens (tertiary/aromatic N) is 2. The minimum absolute atomic E-state index is 0.0277. The molecular formula is C25H28ClN3O3S. The SMILES string of the molecule is COc1ccc(C2(Nc3ncc(C(c4ccccc4Cl)N4CC[C@@H](O)C4)s3)CC2)cc1OC. The van der Waals surface area contributed by atoms with Crippen molar-refractivity contribution in [2.75, 3.05) is 32.6 Å². The van der Waals surface area contributed by atoms with E-state index < -0.39 is 0 Å². The minimum Gasteiger partial charge on any atom is -0.493 e. The van der Waals surface area contributed by atoms with Crippen molar-refractivity contribution < 1.29 is 14.6 Å². The Balaban J connectivity index is 1.42. The zero-order valence-electron chi connectivity index (χ0n) is 18.8. The molecule has 1 aromatic heterocycles. The van der Waals surface area contributed by atoms with E-state index in [0.717, 1.165) is 57.9 Å². The first-order valence-corrected chi connectivity index (χ1v) is 12.4. The lowest BCUT2D eigenvalue weighted by Crippen LogP contribution is -2.28. The molecule has 1 aliphatic carbocycles. The monoisotopic (exact) mass is 485 g/mol. The lowest BCUT2D eigenvalue weighted by Gasteiger charge is -2.27. The van der Waals surface area contributed by atoms with Gasteiger partial charge in [0.2, 0.25) is 0 Å². The Kier molecular flexibility index (Phi) is 6.22. The predicted octanol–water partition coefficient (Wildman–Crippen LogP) is 5.07. The van der Waals surface area contributed by atoms with Crippen LogP contribution in [0.15, 0.2) is 48.7 Å². The van der Waals surface area contributed by atoms with Gasteiger partial charge in [-0.2, -0.15) is 0 Å². The first-order chi connectivity index (χ1) is 16.0. The third kappa shape index (κ3) is 4.43. The van der Waals surface area contributed by atoms with Gasteiger partial charge in [0.25, 0.3) is 0 Å². The molecule has 1 saturated carbocycles. The summed E-state index contributed by atoms with van der Waals surface area (Å²) in [6.07, 6.45) is 4.47. The average molecular weight is 486 g/mol. The molecule has 174 valence electrons. The molecule has 1 saturated heterocycles. The number of likely N-dealkylation sites (tertiary alicyclic amines) is 1. The first-order valence-electron chi connectivity index (χ1n) is 11.2. The van der Waals surface area contributed by atoms with Crippen LogP contribution in [0.3, 0.4) is 0 Å². The molecule has 2 atom stereocenters.